The molecule has 1 amide bonds. The number of likely N-dealkylation sites (N-methyl/N-ethyl adjacent to an activating group) is 1. The highest BCUT2D eigenvalue weighted by Gasteiger charge is 2.18. The number of sulfonamides is 1. The lowest BCUT2D eigenvalue weighted by atomic mass is 10.1. The van der Waals surface area contributed by atoms with Crippen LogP contribution < -0.4 is 14.8 Å². The van der Waals surface area contributed by atoms with Crippen LogP contribution in [0.4, 0.5) is 5.69 Å². The number of ether oxygens (including phenoxy) is 1. The third kappa shape index (κ3) is 4.76. The Kier molecular flexibility index (Phi) is 6.26. The maximum atomic E-state index is 12.7. The van der Waals surface area contributed by atoms with E-state index < -0.39 is 10.0 Å². The number of carbonyl (C=O) groups is 1. The van der Waals surface area contributed by atoms with Crippen molar-refractivity contribution >= 4 is 21.6 Å². The molecule has 0 aliphatic carbocycles. The molecule has 0 aromatic heterocycles. The zero-order valence-electron chi connectivity index (χ0n) is 15.4. The largest absolute Gasteiger partial charge is 0.493 e. The van der Waals surface area contributed by atoms with Gasteiger partial charge in [0, 0.05) is 12.7 Å². The van der Waals surface area contributed by atoms with Gasteiger partial charge < -0.3 is 10.1 Å². The second-order valence-electron chi connectivity index (χ2n) is 5.97. The summed E-state index contributed by atoms with van der Waals surface area (Å²) in [5.74, 6) is 0.615. The van der Waals surface area contributed by atoms with E-state index in [9.17, 15) is 13.2 Å². The van der Waals surface area contributed by atoms with Gasteiger partial charge in [0.25, 0.3) is 10.0 Å². The molecule has 0 unspecified atom stereocenters. The van der Waals surface area contributed by atoms with Gasteiger partial charge in [-0.1, -0.05) is 12.1 Å². The number of amides is 1. The number of hydrogen-bond acceptors (Lipinski definition) is 4. The molecule has 0 aliphatic heterocycles. The molecular weight excluding hydrogens is 352 g/mol. The van der Waals surface area contributed by atoms with Crippen LogP contribution in [0.15, 0.2) is 41.3 Å². The van der Waals surface area contributed by atoms with Crippen LogP contribution in [0.25, 0.3) is 0 Å². The fraction of sp³-hybridized carbons (Fsp3) is 0.316. The van der Waals surface area contributed by atoms with Gasteiger partial charge in [-0.3, -0.25) is 9.52 Å². The van der Waals surface area contributed by atoms with E-state index in [-0.39, 0.29) is 17.2 Å². The van der Waals surface area contributed by atoms with E-state index >= 15 is 0 Å². The lowest BCUT2D eigenvalue weighted by Gasteiger charge is -2.14. The van der Waals surface area contributed by atoms with Crippen LogP contribution in [0.5, 0.6) is 5.75 Å². The van der Waals surface area contributed by atoms with Crippen LogP contribution in [0.3, 0.4) is 0 Å². The maximum absolute atomic E-state index is 12.7. The zero-order valence-corrected chi connectivity index (χ0v) is 16.2. The van der Waals surface area contributed by atoms with Gasteiger partial charge in [0.1, 0.15) is 5.75 Å². The molecular formula is C19H24N2O4S. The van der Waals surface area contributed by atoms with Crippen LogP contribution in [0.1, 0.15) is 23.6 Å². The van der Waals surface area contributed by atoms with E-state index in [1.165, 1.54) is 0 Å². The third-order valence-corrected chi connectivity index (χ3v) is 5.24. The fourth-order valence-electron chi connectivity index (χ4n) is 2.62. The quantitative estimate of drug-likeness (QED) is 0.778. The molecule has 0 radical (unpaired) electrons. The average Bonchev–Trinajstić information content (AvgIpc) is 2.59. The number of benzene rings is 2. The standard InChI is InChI=1S/C19H24N2O4S/c1-5-25-19-13(2)10-17(11-14(19)3)26(23,24)21-16-8-6-15(7-9-16)12-18(22)20-4/h6-11,21H,5,12H2,1-4H3,(H,20,22). The van der Waals surface area contributed by atoms with Crippen molar-refractivity contribution in [1.29, 1.82) is 0 Å². The summed E-state index contributed by atoms with van der Waals surface area (Å²) in [4.78, 5) is 11.6. The van der Waals surface area contributed by atoms with Gasteiger partial charge in [-0.15, -0.1) is 0 Å². The lowest BCUT2D eigenvalue weighted by molar-refractivity contribution is -0.119. The molecule has 26 heavy (non-hydrogen) atoms. The summed E-state index contributed by atoms with van der Waals surface area (Å²) in [6, 6.07) is 9.93. The maximum Gasteiger partial charge on any atom is 0.261 e. The Hall–Kier alpha value is -2.54. The molecule has 2 aromatic rings. The summed E-state index contributed by atoms with van der Waals surface area (Å²) in [6.45, 7) is 6.06. The smallest absolute Gasteiger partial charge is 0.261 e. The summed E-state index contributed by atoms with van der Waals surface area (Å²) in [6.07, 6.45) is 0.251. The van der Waals surface area contributed by atoms with Gasteiger partial charge in [-0.05, 0) is 61.7 Å². The van der Waals surface area contributed by atoms with Crippen molar-refractivity contribution in [3.63, 3.8) is 0 Å². The van der Waals surface area contributed by atoms with Crippen molar-refractivity contribution in [3.8, 4) is 5.75 Å². The molecule has 2 aromatic carbocycles. The summed E-state index contributed by atoms with van der Waals surface area (Å²) in [5, 5.41) is 2.55. The van der Waals surface area contributed by atoms with Crippen LogP contribution >= 0.6 is 0 Å². The molecule has 0 saturated carbocycles. The Labute approximate surface area is 154 Å². The van der Waals surface area contributed by atoms with E-state index in [2.05, 4.69) is 10.0 Å². The molecule has 140 valence electrons. The highest BCUT2D eigenvalue weighted by Crippen LogP contribution is 2.28. The highest BCUT2D eigenvalue weighted by molar-refractivity contribution is 7.92. The number of carbonyl (C=O) groups excluding carboxylic acids is 1. The number of nitrogens with one attached hydrogen (secondary N) is 2. The van der Waals surface area contributed by atoms with Crippen LogP contribution in [-0.4, -0.2) is 28.0 Å². The van der Waals surface area contributed by atoms with Crippen molar-refractivity contribution in [2.75, 3.05) is 18.4 Å². The molecule has 0 atom stereocenters. The van der Waals surface area contributed by atoms with Gasteiger partial charge >= 0.3 is 0 Å². The first-order valence-electron chi connectivity index (χ1n) is 8.33. The predicted molar refractivity (Wildman–Crippen MR) is 102 cm³/mol. The summed E-state index contributed by atoms with van der Waals surface area (Å²) in [5.41, 5.74) is 2.79. The predicted octanol–water partition coefficient (Wildman–Crippen LogP) is 2.79. The van der Waals surface area contributed by atoms with Gasteiger partial charge in [0.05, 0.1) is 17.9 Å². The van der Waals surface area contributed by atoms with E-state index in [1.807, 2.05) is 20.8 Å². The number of anilines is 1. The minimum absolute atomic E-state index is 0.0985. The van der Waals surface area contributed by atoms with Crippen LogP contribution in [-0.2, 0) is 21.2 Å². The van der Waals surface area contributed by atoms with E-state index in [4.69, 9.17) is 4.74 Å². The van der Waals surface area contributed by atoms with E-state index in [1.54, 1.807) is 43.4 Å². The molecule has 0 heterocycles. The van der Waals surface area contributed by atoms with Crippen molar-refractivity contribution < 1.29 is 17.9 Å². The normalized spacial score (nSPS) is 11.1. The van der Waals surface area contributed by atoms with Gasteiger partial charge in [-0.2, -0.15) is 0 Å². The highest BCUT2D eigenvalue weighted by atomic mass is 32.2. The van der Waals surface area contributed by atoms with Gasteiger partial charge in [0.2, 0.25) is 5.91 Å². The molecule has 2 rings (SSSR count). The molecule has 0 fully saturated rings. The Morgan fingerprint density at radius 1 is 1.08 bits per heavy atom. The summed E-state index contributed by atoms with van der Waals surface area (Å²) >= 11 is 0. The summed E-state index contributed by atoms with van der Waals surface area (Å²) in [7, 11) is -2.14. The first-order valence-corrected chi connectivity index (χ1v) is 9.81. The summed E-state index contributed by atoms with van der Waals surface area (Å²) < 4.78 is 33.5. The first-order chi connectivity index (χ1) is 12.3. The Morgan fingerprint density at radius 2 is 1.65 bits per heavy atom. The minimum atomic E-state index is -3.72. The lowest BCUT2D eigenvalue weighted by Crippen LogP contribution is -2.19. The zero-order chi connectivity index (χ0) is 19.3. The van der Waals surface area contributed by atoms with E-state index in [0.29, 0.717) is 18.0 Å². The van der Waals surface area contributed by atoms with Crippen molar-refractivity contribution in [2.24, 2.45) is 0 Å². The van der Waals surface area contributed by atoms with E-state index in [0.717, 1.165) is 16.7 Å². The molecule has 6 nitrogen and oxygen atoms in total. The second-order valence-corrected chi connectivity index (χ2v) is 7.65. The fourth-order valence-corrected chi connectivity index (χ4v) is 3.84. The molecule has 7 heteroatoms. The van der Waals surface area contributed by atoms with Gasteiger partial charge in [0.15, 0.2) is 0 Å². The minimum Gasteiger partial charge on any atom is -0.493 e. The van der Waals surface area contributed by atoms with Crippen LogP contribution in [0, 0.1) is 13.8 Å². The third-order valence-electron chi connectivity index (χ3n) is 3.88. The second kappa shape index (κ2) is 8.23. The Bertz CT molecular complexity index is 867. The van der Waals surface area contributed by atoms with Crippen molar-refractivity contribution in [3.05, 3.63) is 53.1 Å². The average molecular weight is 376 g/mol. The SMILES string of the molecule is CCOc1c(C)cc(S(=O)(=O)Nc2ccc(CC(=O)NC)cc2)cc1C. The Morgan fingerprint density at radius 3 is 2.15 bits per heavy atom. The van der Waals surface area contributed by atoms with Crippen molar-refractivity contribution in [1.82, 2.24) is 5.32 Å². The molecule has 0 aliphatic rings. The first kappa shape index (κ1) is 19.8. The number of rotatable bonds is 7. The topological polar surface area (TPSA) is 84.5 Å². The number of aryl methyl sites for hydroxylation is 2. The van der Waals surface area contributed by atoms with Crippen molar-refractivity contribution in [2.45, 2.75) is 32.1 Å². The molecule has 2 N–H and O–H groups in total. The van der Waals surface area contributed by atoms with Crippen LogP contribution in [0.2, 0.25) is 0 Å². The monoisotopic (exact) mass is 376 g/mol. The molecule has 0 saturated heterocycles. The van der Waals surface area contributed by atoms with Gasteiger partial charge in [-0.25, -0.2) is 8.42 Å². The Balaban J connectivity index is 2.22. The molecule has 0 bridgehead atoms. The molecule has 0 spiro atoms. The number of hydrogen-bond donors (Lipinski definition) is 2.